The molecule has 2 N–H and O–H groups in total. The SMILES string of the molecule is Cc1nnc(C#Cc2cc(F)c3c(c2)CC2(C(=O)NC(=O)NC2=O)[C@H]2[C@H](C)O[C@H](C)CN32)s1. The fraction of sp³-hybridized carbons (Fsp3) is 0.409. The van der Waals surface area contributed by atoms with Crippen LogP contribution in [0.5, 0.6) is 0 Å². The van der Waals surface area contributed by atoms with E-state index in [0.29, 0.717) is 21.8 Å². The summed E-state index contributed by atoms with van der Waals surface area (Å²) in [6.07, 6.45) is -0.915. The zero-order valence-corrected chi connectivity index (χ0v) is 18.9. The first-order valence-electron chi connectivity index (χ1n) is 10.4. The number of barbiturate groups is 1. The van der Waals surface area contributed by atoms with Gasteiger partial charge in [0.15, 0.2) is 10.4 Å². The lowest BCUT2D eigenvalue weighted by molar-refractivity contribution is -0.153. The number of morpholine rings is 1. The number of rotatable bonds is 0. The van der Waals surface area contributed by atoms with E-state index in [1.165, 1.54) is 17.4 Å². The largest absolute Gasteiger partial charge is 0.372 e. The van der Waals surface area contributed by atoms with Gasteiger partial charge in [-0.25, -0.2) is 9.18 Å². The highest BCUT2D eigenvalue weighted by molar-refractivity contribution is 7.11. The first-order chi connectivity index (χ1) is 15.7. The maximum Gasteiger partial charge on any atom is 0.328 e. The predicted octanol–water partition coefficient (Wildman–Crippen LogP) is 1.28. The van der Waals surface area contributed by atoms with Crippen LogP contribution >= 0.6 is 11.3 Å². The Morgan fingerprint density at radius 1 is 1.18 bits per heavy atom. The molecule has 0 unspecified atom stereocenters. The van der Waals surface area contributed by atoms with Crippen LogP contribution in [0, 0.1) is 30.0 Å². The molecule has 1 aromatic heterocycles. The molecule has 0 bridgehead atoms. The second kappa shape index (κ2) is 7.60. The molecule has 33 heavy (non-hydrogen) atoms. The van der Waals surface area contributed by atoms with Crippen LogP contribution in [0.4, 0.5) is 14.9 Å². The van der Waals surface area contributed by atoms with Gasteiger partial charge in [0.2, 0.25) is 11.8 Å². The van der Waals surface area contributed by atoms with Gasteiger partial charge in [0.1, 0.15) is 10.8 Å². The average Bonchev–Trinajstić information content (AvgIpc) is 3.14. The Hall–Kier alpha value is -3.36. The van der Waals surface area contributed by atoms with Gasteiger partial charge in [-0.2, -0.15) is 0 Å². The van der Waals surface area contributed by atoms with Crippen molar-refractivity contribution in [3.8, 4) is 11.8 Å². The van der Waals surface area contributed by atoms with Crippen LogP contribution < -0.4 is 15.5 Å². The first kappa shape index (κ1) is 21.5. The van der Waals surface area contributed by atoms with E-state index in [-0.39, 0.29) is 19.1 Å². The van der Waals surface area contributed by atoms with Gasteiger partial charge < -0.3 is 9.64 Å². The summed E-state index contributed by atoms with van der Waals surface area (Å²) in [4.78, 5) is 39.8. The van der Waals surface area contributed by atoms with Crippen LogP contribution in [0.15, 0.2) is 12.1 Å². The molecule has 2 aromatic rings. The standard InChI is InChI=1S/C22H20FN5O4S/c1-10-9-28-17-14(6-13(7-15(17)23)4-5-16-27-26-12(3)33-16)8-22(18(28)11(2)32-10)19(29)24-21(31)25-20(22)30/h6-7,10-11,18H,8-9H2,1-3H3,(H2,24,25,29,30,31)/t10-,11+,18-/m1/s1. The van der Waals surface area contributed by atoms with Crippen molar-refractivity contribution in [2.45, 2.75) is 45.4 Å². The van der Waals surface area contributed by atoms with E-state index in [0.717, 1.165) is 5.01 Å². The summed E-state index contributed by atoms with van der Waals surface area (Å²) >= 11 is 1.32. The number of carbonyl (C=O) groups excluding carboxylic acids is 3. The smallest absolute Gasteiger partial charge is 0.328 e. The van der Waals surface area contributed by atoms with Gasteiger partial charge in [-0.1, -0.05) is 17.3 Å². The number of hydrogen-bond acceptors (Lipinski definition) is 8. The topological polar surface area (TPSA) is 114 Å². The number of ether oxygens (including phenoxy) is 1. The number of hydrogen-bond donors (Lipinski definition) is 2. The summed E-state index contributed by atoms with van der Waals surface area (Å²) in [6, 6.07) is 1.36. The molecule has 3 aliphatic heterocycles. The molecule has 0 radical (unpaired) electrons. The van der Waals surface area contributed by atoms with Crippen LogP contribution in [0.25, 0.3) is 0 Å². The van der Waals surface area contributed by atoms with E-state index in [4.69, 9.17) is 4.74 Å². The molecule has 9 nitrogen and oxygen atoms in total. The lowest BCUT2D eigenvalue weighted by atomic mass is 9.66. The number of urea groups is 1. The summed E-state index contributed by atoms with van der Waals surface area (Å²) in [6.45, 7) is 5.69. The highest BCUT2D eigenvalue weighted by Gasteiger charge is 2.63. The third-order valence-electron chi connectivity index (χ3n) is 6.19. The number of aromatic nitrogens is 2. The number of anilines is 1. The number of benzene rings is 1. The van der Waals surface area contributed by atoms with Crippen molar-refractivity contribution in [2.24, 2.45) is 5.41 Å². The Morgan fingerprint density at radius 3 is 2.58 bits per heavy atom. The molecule has 4 heterocycles. The van der Waals surface area contributed by atoms with E-state index < -0.39 is 41.2 Å². The van der Waals surface area contributed by atoms with Crippen molar-refractivity contribution in [2.75, 3.05) is 11.4 Å². The molecular formula is C22H20FN5O4S. The Balaban J connectivity index is 1.65. The predicted molar refractivity (Wildman–Crippen MR) is 116 cm³/mol. The molecule has 0 aliphatic carbocycles. The van der Waals surface area contributed by atoms with E-state index in [1.54, 1.807) is 17.9 Å². The molecule has 11 heteroatoms. The van der Waals surface area contributed by atoms with Crippen LogP contribution in [0.1, 0.15) is 35.0 Å². The van der Waals surface area contributed by atoms with Gasteiger partial charge >= 0.3 is 6.03 Å². The maximum absolute atomic E-state index is 15.5. The van der Waals surface area contributed by atoms with Gasteiger partial charge in [-0.3, -0.25) is 20.2 Å². The summed E-state index contributed by atoms with van der Waals surface area (Å²) in [5.74, 6) is 3.83. The minimum Gasteiger partial charge on any atom is -0.372 e. The molecule has 5 rings (SSSR count). The van der Waals surface area contributed by atoms with Gasteiger partial charge in [0, 0.05) is 18.5 Å². The molecule has 2 saturated heterocycles. The second-order valence-electron chi connectivity index (χ2n) is 8.48. The zero-order chi connectivity index (χ0) is 23.5. The molecule has 1 spiro atoms. The molecule has 0 saturated carbocycles. The Bertz CT molecular complexity index is 1250. The lowest BCUT2D eigenvalue weighted by Crippen LogP contribution is -2.75. The fourth-order valence-electron chi connectivity index (χ4n) is 5.08. The molecule has 3 aliphatic rings. The summed E-state index contributed by atoms with van der Waals surface area (Å²) in [5, 5.41) is 13.6. The summed E-state index contributed by atoms with van der Waals surface area (Å²) in [7, 11) is 0. The number of aryl methyl sites for hydroxylation is 1. The van der Waals surface area contributed by atoms with Crippen molar-refractivity contribution < 1.29 is 23.5 Å². The number of amides is 4. The second-order valence-corrected chi connectivity index (χ2v) is 9.66. The Morgan fingerprint density at radius 2 is 1.91 bits per heavy atom. The number of nitrogens with zero attached hydrogens (tertiary/aromatic N) is 3. The van der Waals surface area contributed by atoms with Crippen molar-refractivity contribution in [3.63, 3.8) is 0 Å². The lowest BCUT2D eigenvalue weighted by Gasteiger charge is -2.55. The van der Waals surface area contributed by atoms with E-state index >= 15 is 4.39 Å². The molecule has 4 amide bonds. The fourth-order valence-corrected chi connectivity index (χ4v) is 5.63. The molecule has 1 aromatic carbocycles. The van der Waals surface area contributed by atoms with Crippen molar-refractivity contribution in [3.05, 3.63) is 39.1 Å². The van der Waals surface area contributed by atoms with Crippen LogP contribution in [0.2, 0.25) is 0 Å². The average molecular weight is 469 g/mol. The maximum atomic E-state index is 15.5. The molecular weight excluding hydrogens is 449 g/mol. The minimum atomic E-state index is -1.66. The monoisotopic (exact) mass is 469 g/mol. The van der Waals surface area contributed by atoms with E-state index in [1.807, 2.05) is 13.8 Å². The van der Waals surface area contributed by atoms with Crippen molar-refractivity contribution in [1.82, 2.24) is 20.8 Å². The quantitative estimate of drug-likeness (QED) is 0.441. The van der Waals surface area contributed by atoms with Crippen LogP contribution in [0.3, 0.4) is 0 Å². The first-order valence-corrected chi connectivity index (χ1v) is 11.2. The van der Waals surface area contributed by atoms with Gasteiger partial charge in [0.25, 0.3) is 0 Å². The van der Waals surface area contributed by atoms with E-state index in [2.05, 4.69) is 32.7 Å². The number of halogens is 1. The number of imide groups is 2. The third-order valence-corrected chi connectivity index (χ3v) is 6.94. The normalized spacial score (nSPS) is 25.5. The van der Waals surface area contributed by atoms with Crippen LogP contribution in [-0.2, 0) is 20.7 Å². The summed E-state index contributed by atoms with van der Waals surface area (Å²) in [5.41, 5.74) is -0.489. The number of nitrogens with one attached hydrogen (secondary N) is 2. The summed E-state index contributed by atoms with van der Waals surface area (Å²) < 4.78 is 21.4. The Labute approximate surface area is 192 Å². The van der Waals surface area contributed by atoms with Crippen molar-refractivity contribution in [1.29, 1.82) is 0 Å². The van der Waals surface area contributed by atoms with Gasteiger partial charge in [-0.05, 0) is 44.4 Å². The Kier molecular flexibility index (Phi) is 4.95. The highest BCUT2D eigenvalue weighted by atomic mass is 32.1. The highest BCUT2D eigenvalue weighted by Crippen LogP contribution is 2.47. The number of fused-ring (bicyclic) bond motifs is 4. The molecule has 2 fully saturated rings. The number of carbonyl (C=O) groups is 3. The molecule has 3 atom stereocenters. The van der Waals surface area contributed by atoms with Gasteiger partial charge in [0.05, 0.1) is 23.9 Å². The van der Waals surface area contributed by atoms with Gasteiger partial charge in [-0.15, -0.1) is 10.2 Å². The van der Waals surface area contributed by atoms with E-state index in [9.17, 15) is 14.4 Å². The van der Waals surface area contributed by atoms with Crippen molar-refractivity contribution >= 4 is 34.9 Å². The zero-order valence-electron chi connectivity index (χ0n) is 18.1. The molecule has 170 valence electrons. The minimum absolute atomic E-state index is 0.0963. The third kappa shape index (κ3) is 3.37. The van der Waals surface area contributed by atoms with Crippen LogP contribution in [-0.4, -0.2) is 52.8 Å².